The van der Waals surface area contributed by atoms with Crippen LogP contribution in [0, 0.1) is 5.92 Å². The van der Waals surface area contributed by atoms with Crippen LogP contribution in [0.4, 0.5) is 19.0 Å². The summed E-state index contributed by atoms with van der Waals surface area (Å²) in [6, 6.07) is 3.16. The summed E-state index contributed by atoms with van der Waals surface area (Å²) < 4.78 is 38.1. The van der Waals surface area contributed by atoms with Crippen LogP contribution < -0.4 is 4.90 Å². The molecule has 0 radical (unpaired) electrons. The van der Waals surface area contributed by atoms with Gasteiger partial charge in [0.05, 0.1) is 11.5 Å². The number of halogens is 3. The zero-order valence-corrected chi connectivity index (χ0v) is 9.65. The molecule has 1 atom stereocenters. The van der Waals surface area contributed by atoms with Gasteiger partial charge in [0.15, 0.2) is 6.29 Å². The molecule has 1 unspecified atom stereocenters. The van der Waals surface area contributed by atoms with Crippen molar-refractivity contribution >= 4 is 12.1 Å². The third kappa shape index (κ3) is 2.63. The fraction of sp³-hybridized carbons (Fsp3) is 0.500. The molecule has 1 aromatic rings. The maximum Gasteiger partial charge on any atom is 0.393 e. The molecule has 6 heteroatoms. The molecular weight excluding hydrogens is 245 g/mol. The van der Waals surface area contributed by atoms with Gasteiger partial charge < -0.3 is 4.90 Å². The summed E-state index contributed by atoms with van der Waals surface area (Å²) in [5, 5.41) is 0. The van der Waals surface area contributed by atoms with Crippen molar-refractivity contribution in [3.63, 3.8) is 0 Å². The predicted octanol–water partition coefficient (Wildman–Crippen LogP) is 2.67. The molecule has 0 amide bonds. The minimum atomic E-state index is -4.19. The molecule has 2 rings (SSSR count). The van der Waals surface area contributed by atoms with E-state index in [0.717, 1.165) is 0 Å². The van der Waals surface area contributed by atoms with Crippen LogP contribution in [0.1, 0.15) is 23.2 Å². The van der Waals surface area contributed by atoms with Gasteiger partial charge in [0.25, 0.3) is 0 Å². The highest BCUT2D eigenvalue weighted by molar-refractivity contribution is 5.82. The maximum absolute atomic E-state index is 12.7. The normalized spacial score (nSPS) is 20.8. The third-order valence-electron chi connectivity index (χ3n) is 3.13. The van der Waals surface area contributed by atoms with E-state index in [9.17, 15) is 18.0 Å². The molecule has 2 heterocycles. The van der Waals surface area contributed by atoms with Gasteiger partial charge in [-0.3, -0.25) is 4.79 Å². The average molecular weight is 258 g/mol. The summed E-state index contributed by atoms with van der Waals surface area (Å²) in [5.74, 6) is -0.991. The predicted molar refractivity (Wildman–Crippen MR) is 60.6 cm³/mol. The Kier molecular flexibility index (Phi) is 3.54. The maximum atomic E-state index is 12.7. The van der Waals surface area contributed by atoms with Crippen LogP contribution >= 0.6 is 0 Å². The van der Waals surface area contributed by atoms with Crippen molar-refractivity contribution in [1.29, 1.82) is 0 Å². The third-order valence-corrected chi connectivity index (χ3v) is 3.13. The minimum absolute atomic E-state index is 0.124. The summed E-state index contributed by atoms with van der Waals surface area (Å²) in [6.07, 6.45) is -1.48. The molecule has 1 saturated heterocycles. The van der Waals surface area contributed by atoms with Crippen LogP contribution in [-0.2, 0) is 0 Å². The van der Waals surface area contributed by atoms with E-state index in [4.69, 9.17) is 0 Å². The number of rotatable bonds is 2. The van der Waals surface area contributed by atoms with E-state index in [0.29, 0.717) is 30.6 Å². The molecule has 98 valence electrons. The van der Waals surface area contributed by atoms with Gasteiger partial charge >= 0.3 is 6.18 Å². The van der Waals surface area contributed by atoms with Gasteiger partial charge in [-0.15, -0.1) is 0 Å². The largest absolute Gasteiger partial charge is 0.393 e. The fourth-order valence-electron chi connectivity index (χ4n) is 2.20. The number of aromatic nitrogens is 1. The van der Waals surface area contributed by atoms with E-state index in [1.165, 1.54) is 6.20 Å². The van der Waals surface area contributed by atoms with Gasteiger partial charge in [-0.05, 0) is 25.0 Å². The molecule has 0 saturated carbocycles. The van der Waals surface area contributed by atoms with E-state index in [-0.39, 0.29) is 13.0 Å². The molecule has 0 aliphatic carbocycles. The van der Waals surface area contributed by atoms with Crippen LogP contribution in [0.5, 0.6) is 0 Å². The van der Waals surface area contributed by atoms with Crippen molar-refractivity contribution in [3.05, 3.63) is 23.9 Å². The van der Waals surface area contributed by atoms with Gasteiger partial charge in [-0.25, -0.2) is 4.98 Å². The van der Waals surface area contributed by atoms with E-state index < -0.39 is 12.1 Å². The molecule has 1 fully saturated rings. The Labute approximate surface area is 103 Å². The molecule has 0 aromatic carbocycles. The molecular formula is C12H13F3N2O. The Morgan fingerprint density at radius 2 is 2.22 bits per heavy atom. The number of hydrogen-bond donors (Lipinski definition) is 0. The monoisotopic (exact) mass is 258 g/mol. The number of piperidine rings is 1. The summed E-state index contributed by atoms with van der Waals surface area (Å²) >= 11 is 0. The van der Waals surface area contributed by atoms with E-state index in [1.54, 1.807) is 17.0 Å². The molecule has 18 heavy (non-hydrogen) atoms. The minimum Gasteiger partial charge on any atom is -0.355 e. The number of carbonyl (C=O) groups excluding carboxylic acids is 1. The molecule has 3 nitrogen and oxygen atoms in total. The lowest BCUT2D eigenvalue weighted by atomic mass is 9.97. The van der Waals surface area contributed by atoms with Gasteiger partial charge in [0, 0.05) is 19.3 Å². The second kappa shape index (κ2) is 4.96. The smallest absolute Gasteiger partial charge is 0.355 e. The Bertz CT molecular complexity index is 434. The Hall–Kier alpha value is -1.59. The number of nitrogens with zero attached hydrogens (tertiary/aromatic N) is 2. The first-order chi connectivity index (χ1) is 8.52. The summed E-state index contributed by atoms with van der Waals surface area (Å²) in [4.78, 5) is 16.4. The van der Waals surface area contributed by atoms with E-state index >= 15 is 0 Å². The van der Waals surface area contributed by atoms with Crippen molar-refractivity contribution in [2.24, 2.45) is 5.92 Å². The van der Waals surface area contributed by atoms with Crippen LogP contribution in [0.15, 0.2) is 18.3 Å². The highest BCUT2D eigenvalue weighted by atomic mass is 19.4. The molecule has 1 aliphatic rings. The highest BCUT2D eigenvalue weighted by Gasteiger charge is 2.42. The lowest BCUT2D eigenvalue weighted by Gasteiger charge is -2.34. The average Bonchev–Trinajstić information content (AvgIpc) is 2.38. The Morgan fingerprint density at radius 1 is 1.44 bits per heavy atom. The number of hydrogen-bond acceptors (Lipinski definition) is 3. The SMILES string of the molecule is O=Cc1cccnc1N1CCCC(C(F)(F)F)C1. The fourth-order valence-corrected chi connectivity index (χ4v) is 2.20. The number of carbonyl (C=O) groups is 1. The van der Waals surface area contributed by atoms with E-state index in [2.05, 4.69) is 4.98 Å². The first-order valence-corrected chi connectivity index (χ1v) is 5.74. The van der Waals surface area contributed by atoms with Gasteiger partial charge in [0.2, 0.25) is 0 Å². The van der Waals surface area contributed by atoms with E-state index in [1.807, 2.05) is 0 Å². The van der Waals surface area contributed by atoms with Gasteiger partial charge in [-0.2, -0.15) is 13.2 Å². The standard InChI is InChI=1S/C12H13F3N2O/c13-12(14,15)10-4-2-6-17(7-10)11-9(8-18)3-1-5-16-11/h1,3,5,8,10H,2,4,6-7H2. The lowest BCUT2D eigenvalue weighted by Crippen LogP contribution is -2.42. The number of aldehydes is 1. The molecule has 1 aromatic heterocycles. The summed E-state index contributed by atoms with van der Waals surface area (Å²) in [6.45, 7) is 0.381. The second-order valence-electron chi connectivity index (χ2n) is 4.36. The van der Waals surface area contributed by atoms with Crippen LogP contribution in [0.2, 0.25) is 0 Å². The quantitative estimate of drug-likeness (QED) is 0.765. The number of pyridine rings is 1. The Morgan fingerprint density at radius 3 is 2.89 bits per heavy atom. The van der Waals surface area contributed by atoms with Crippen molar-refractivity contribution in [1.82, 2.24) is 4.98 Å². The van der Waals surface area contributed by atoms with Crippen molar-refractivity contribution < 1.29 is 18.0 Å². The summed E-state index contributed by atoms with van der Waals surface area (Å²) in [5.41, 5.74) is 0.334. The van der Waals surface area contributed by atoms with Crippen LogP contribution in [0.3, 0.4) is 0 Å². The van der Waals surface area contributed by atoms with Crippen molar-refractivity contribution in [3.8, 4) is 0 Å². The molecule has 0 N–H and O–H groups in total. The zero-order valence-electron chi connectivity index (χ0n) is 9.65. The number of anilines is 1. The number of alkyl halides is 3. The van der Waals surface area contributed by atoms with Gasteiger partial charge in [-0.1, -0.05) is 0 Å². The lowest BCUT2D eigenvalue weighted by molar-refractivity contribution is -0.176. The molecule has 0 bridgehead atoms. The first kappa shape index (κ1) is 12.9. The van der Waals surface area contributed by atoms with Crippen LogP contribution in [0.25, 0.3) is 0 Å². The first-order valence-electron chi connectivity index (χ1n) is 5.74. The zero-order chi connectivity index (χ0) is 13.2. The van der Waals surface area contributed by atoms with Gasteiger partial charge in [0.1, 0.15) is 5.82 Å². The topological polar surface area (TPSA) is 33.2 Å². The molecule has 1 aliphatic heterocycles. The van der Waals surface area contributed by atoms with Crippen molar-refractivity contribution in [2.45, 2.75) is 19.0 Å². The Balaban J connectivity index is 2.21. The second-order valence-corrected chi connectivity index (χ2v) is 4.36. The highest BCUT2D eigenvalue weighted by Crippen LogP contribution is 2.34. The summed E-state index contributed by atoms with van der Waals surface area (Å²) in [7, 11) is 0. The van der Waals surface area contributed by atoms with Crippen molar-refractivity contribution in [2.75, 3.05) is 18.0 Å². The van der Waals surface area contributed by atoms with Crippen LogP contribution in [-0.4, -0.2) is 30.5 Å². The molecule has 0 spiro atoms.